The van der Waals surface area contributed by atoms with Gasteiger partial charge in [-0.1, -0.05) is 6.07 Å². The third-order valence-corrected chi connectivity index (χ3v) is 4.56. The van der Waals surface area contributed by atoms with Crippen molar-refractivity contribution in [2.75, 3.05) is 51.7 Å². The quantitative estimate of drug-likeness (QED) is 0.823. The van der Waals surface area contributed by atoms with Crippen molar-refractivity contribution in [3.05, 3.63) is 29.8 Å². The summed E-state index contributed by atoms with van der Waals surface area (Å²) < 4.78 is 5.40. The van der Waals surface area contributed by atoms with Gasteiger partial charge in [0.05, 0.1) is 13.2 Å². The van der Waals surface area contributed by atoms with E-state index in [-0.39, 0.29) is 30.7 Å². The largest absolute Gasteiger partial charge is 0.399 e. The Morgan fingerprint density at radius 3 is 2.67 bits per heavy atom. The second kappa shape index (κ2) is 10.1. The summed E-state index contributed by atoms with van der Waals surface area (Å²) in [6, 6.07) is 7.28. The van der Waals surface area contributed by atoms with E-state index in [1.807, 2.05) is 23.1 Å². The van der Waals surface area contributed by atoms with Crippen molar-refractivity contribution >= 4 is 36.4 Å². The van der Waals surface area contributed by atoms with E-state index in [2.05, 4.69) is 4.90 Å². The van der Waals surface area contributed by atoms with Gasteiger partial charge in [-0.3, -0.25) is 9.69 Å². The van der Waals surface area contributed by atoms with Gasteiger partial charge in [0.15, 0.2) is 0 Å². The Labute approximate surface area is 156 Å². The Hall–Kier alpha value is -1.01. The summed E-state index contributed by atoms with van der Waals surface area (Å²) in [7, 11) is 0. The molecule has 136 valence electrons. The number of hydrogen-bond donors (Lipinski definition) is 1. The second-order valence-electron chi connectivity index (χ2n) is 6.30. The number of hydrogen-bond acceptors (Lipinski definition) is 4. The van der Waals surface area contributed by atoms with Gasteiger partial charge in [0.1, 0.15) is 0 Å². The minimum atomic E-state index is 0. The lowest BCUT2D eigenvalue weighted by Crippen LogP contribution is -2.46. The molecule has 2 heterocycles. The highest BCUT2D eigenvalue weighted by Gasteiger charge is 2.26. The Morgan fingerprint density at radius 1 is 1.21 bits per heavy atom. The molecule has 5 nitrogen and oxygen atoms in total. The van der Waals surface area contributed by atoms with Gasteiger partial charge < -0.3 is 15.4 Å². The molecule has 2 fully saturated rings. The minimum absolute atomic E-state index is 0. The summed E-state index contributed by atoms with van der Waals surface area (Å²) in [5.41, 5.74) is 7.13. The van der Waals surface area contributed by atoms with Crippen LogP contribution in [0.1, 0.15) is 23.2 Å². The van der Waals surface area contributed by atoms with Crippen molar-refractivity contribution < 1.29 is 9.53 Å². The minimum Gasteiger partial charge on any atom is -0.399 e. The molecule has 1 aromatic carbocycles. The lowest BCUT2D eigenvalue weighted by atomic mass is 9.96. The number of rotatable bonds is 3. The van der Waals surface area contributed by atoms with Crippen molar-refractivity contribution in [3.8, 4) is 0 Å². The SMILES string of the molecule is Cl.Cl.Nc1cccc(C(=O)N2CCCC(CN3CCOCC3)C2)c1. The third kappa shape index (κ3) is 5.52. The van der Waals surface area contributed by atoms with E-state index in [4.69, 9.17) is 10.5 Å². The molecular formula is C17H27Cl2N3O2. The third-order valence-electron chi connectivity index (χ3n) is 4.56. The highest BCUT2D eigenvalue weighted by Crippen LogP contribution is 2.20. The van der Waals surface area contributed by atoms with Crippen LogP contribution in [0.4, 0.5) is 5.69 Å². The van der Waals surface area contributed by atoms with Gasteiger partial charge in [0.25, 0.3) is 5.91 Å². The molecule has 3 rings (SSSR count). The molecule has 7 heteroatoms. The van der Waals surface area contributed by atoms with Crippen LogP contribution in [-0.2, 0) is 4.74 Å². The van der Waals surface area contributed by atoms with Crippen LogP contribution in [0.2, 0.25) is 0 Å². The molecule has 0 aliphatic carbocycles. The number of halogens is 2. The Morgan fingerprint density at radius 2 is 1.96 bits per heavy atom. The average molecular weight is 376 g/mol. The maximum atomic E-state index is 12.6. The molecule has 2 saturated heterocycles. The number of piperidine rings is 1. The smallest absolute Gasteiger partial charge is 0.253 e. The second-order valence-corrected chi connectivity index (χ2v) is 6.30. The van der Waals surface area contributed by atoms with E-state index in [0.717, 1.165) is 52.4 Å². The van der Waals surface area contributed by atoms with E-state index in [9.17, 15) is 4.79 Å². The first kappa shape index (κ1) is 21.0. The number of carbonyl (C=O) groups excluding carboxylic acids is 1. The van der Waals surface area contributed by atoms with Crippen LogP contribution in [0, 0.1) is 5.92 Å². The average Bonchev–Trinajstić information content (AvgIpc) is 2.55. The molecular weight excluding hydrogens is 349 g/mol. The number of anilines is 1. The Balaban J connectivity index is 0.00000144. The zero-order chi connectivity index (χ0) is 15.4. The molecule has 0 aromatic heterocycles. The molecule has 1 unspecified atom stereocenters. The maximum Gasteiger partial charge on any atom is 0.253 e. The van der Waals surface area contributed by atoms with Crippen LogP contribution < -0.4 is 5.73 Å². The van der Waals surface area contributed by atoms with Crippen LogP contribution in [0.3, 0.4) is 0 Å². The number of nitrogens with two attached hydrogens (primary N) is 1. The number of morpholine rings is 1. The van der Waals surface area contributed by atoms with Gasteiger partial charge in [-0.15, -0.1) is 24.8 Å². The molecule has 0 radical (unpaired) electrons. The summed E-state index contributed by atoms with van der Waals surface area (Å²) >= 11 is 0. The predicted molar refractivity (Wildman–Crippen MR) is 101 cm³/mol. The molecule has 1 atom stereocenters. The van der Waals surface area contributed by atoms with Gasteiger partial charge in [-0.2, -0.15) is 0 Å². The number of amides is 1. The zero-order valence-corrected chi connectivity index (χ0v) is 15.5. The predicted octanol–water partition coefficient (Wildman–Crippen LogP) is 2.30. The highest BCUT2D eigenvalue weighted by atomic mass is 35.5. The topological polar surface area (TPSA) is 58.8 Å². The van der Waals surface area contributed by atoms with E-state index in [0.29, 0.717) is 17.2 Å². The number of ether oxygens (including phenoxy) is 1. The first-order chi connectivity index (χ1) is 10.7. The number of carbonyl (C=O) groups is 1. The van der Waals surface area contributed by atoms with Crippen LogP contribution in [0.5, 0.6) is 0 Å². The summed E-state index contributed by atoms with van der Waals surface area (Å²) in [6.07, 6.45) is 2.29. The summed E-state index contributed by atoms with van der Waals surface area (Å²) in [5.74, 6) is 0.677. The molecule has 2 N–H and O–H groups in total. The van der Waals surface area contributed by atoms with Gasteiger partial charge in [-0.05, 0) is 37.0 Å². The van der Waals surface area contributed by atoms with E-state index in [1.54, 1.807) is 6.07 Å². The monoisotopic (exact) mass is 375 g/mol. The molecule has 0 bridgehead atoms. The first-order valence-electron chi connectivity index (χ1n) is 8.17. The van der Waals surface area contributed by atoms with Gasteiger partial charge in [0, 0.05) is 44.0 Å². The number of nitrogens with zero attached hydrogens (tertiary/aromatic N) is 2. The Kier molecular flexibility index (Phi) is 8.84. The van der Waals surface area contributed by atoms with Crippen molar-refractivity contribution in [3.63, 3.8) is 0 Å². The van der Waals surface area contributed by atoms with Crippen LogP contribution in [0.25, 0.3) is 0 Å². The van der Waals surface area contributed by atoms with Gasteiger partial charge in [0.2, 0.25) is 0 Å². The fourth-order valence-corrected chi connectivity index (χ4v) is 3.40. The number of likely N-dealkylation sites (tertiary alicyclic amines) is 1. The summed E-state index contributed by atoms with van der Waals surface area (Å²) in [6.45, 7) is 6.47. The summed E-state index contributed by atoms with van der Waals surface area (Å²) in [5, 5.41) is 0. The molecule has 2 aliphatic heterocycles. The van der Waals surface area contributed by atoms with Gasteiger partial charge in [-0.25, -0.2) is 0 Å². The molecule has 0 spiro atoms. The van der Waals surface area contributed by atoms with Gasteiger partial charge >= 0.3 is 0 Å². The van der Waals surface area contributed by atoms with Crippen LogP contribution in [0.15, 0.2) is 24.3 Å². The maximum absolute atomic E-state index is 12.6. The number of nitrogen functional groups attached to an aromatic ring is 1. The molecule has 2 aliphatic rings. The van der Waals surface area contributed by atoms with Crippen LogP contribution >= 0.6 is 24.8 Å². The van der Waals surface area contributed by atoms with Crippen molar-refractivity contribution in [1.82, 2.24) is 9.80 Å². The number of benzene rings is 1. The van der Waals surface area contributed by atoms with Crippen LogP contribution in [-0.4, -0.2) is 61.6 Å². The zero-order valence-electron chi connectivity index (χ0n) is 13.9. The molecule has 1 aromatic rings. The molecule has 24 heavy (non-hydrogen) atoms. The standard InChI is InChI=1S/C17H25N3O2.2ClH/c18-16-5-1-4-15(11-16)17(21)20-6-2-3-14(13-20)12-19-7-9-22-10-8-19;;/h1,4-5,11,14H,2-3,6-10,12-13,18H2;2*1H. The van der Waals surface area contributed by atoms with Crippen molar-refractivity contribution in [2.24, 2.45) is 5.92 Å². The summed E-state index contributed by atoms with van der Waals surface area (Å²) in [4.78, 5) is 17.1. The molecule has 1 amide bonds. The van der Waals surface area contributed by atoms with Crippen molar-refractivity contribution in [1.29, 1.82) is 0 Å². The van der Waals surface area contributed by atoms with Crippen molar-refractivity contribution in [2.45, 2.75) is 12.8 Å². The fraction of sp³-hybridized carbons (Fsp3) is 0.588. The van der Waals surface area contributed by atoms with E-state index in [1.165, 1.54) is 6.42 Å². The normalized spacial score (nSPS) is 21.5. The molecule has 0 saturated carbocycles. The van der Waals surface area contributed by atoms with E-state index >= 15 is 0 Å². The Bertz CT molecular complexity index is 524. The lowest BCUT2D eigenvalue weighted by Gasteiger charge is -2.36. The van der Waals surface area contributed by atoms with E-state index < -0.39 is 0 Å². The first-order valence-corrected chi connectivity index (χ1v) is 8.17. The fourth-order valence-electron chi connectivity index (χ4n) is 3.40. The highest BCUT2D eigenvalue weighted by molar-refractivity contribution is 5.95. The lowest BCUT2D eigenvalue weighted by molar-refractivity contribution is 0.0224.